The maximum absolute atomic E-state index is 9.99. The van der Waals surface area contributed by atoms with Crippen molar-refractivity contribution in [3.63, 3.8) is 0 Å². The Hall–Kier alpha value is -0.740. The zero-order valence-electron chi connectivity index (χ0n) is 11.9. The highest BCUT2D eigenvalue weighted by molar-refractivity contribution is 8.10. The minimum Gasteiger partial charge on any atom is -0.394 e. The van der Waals surface area contributed by atoms with Crippen LogP contribution in [-0.2, 0) is 6.54 Å². The minimum absolute atomic E-state index is 0.0758. The standard InChI is InChI=1S/C14H21NO5S2/c16-8-11(18)13(20)12(19)10(17)7-15(14(21)22)6-9-4-2-1-3-5-9/h1-5,10-13,16-20H,6-8H2,(H,21,22)/t10-,11+,12+,13-/m0/s1. The molecule has 1 aromatic carbocycles. The molecule has 0 aliphatic carbocycles. The van der Waals surface area contributed by atoms with Crippen LogP contribution in [0.4, 0.5) is 0 Å². The van der Waals surface area contributed by atoms with Gasteiger partial charge in [-0.25, -0.2) is 0 Å². The number of thiol groups is 1. The molecule has 0 fully saturated rings. The summed E-state index contributed by atoms with van der Waals surface area (Å²) >= 11 is 9.10. The van der Waals surface area contributed by atoms with E-state index in [1.165, 1.54) is 0 Å². The lowest BCUT2D eigenvalue weighted by molar-refractivity contribution is -0.117. The molecule has 0 aliphatic rings. The number of hydrogen-bond acceptors (Lipinski definition) is 6. The number of benzene rings is 1. The van der Waals surface area contributed by atoms with E-state index in [0.717, 1.165) is 5.56 Å². The van der Waals surface area contributed by atoms with Crippen molar-refractivity contribution in [1.29, 1.82) is 0 Å². The van der Waals surface area contributed by atoms with Gasteiger partial charge in [0.15, 0.2) is 0 Å². The van der Waals surface area contributed by atoms with Crippen molar-refractivity contribution in [2.45, 2.75) is 31.0 Å². The fourth-order valence-electron chi connectivity index (χ4n) is 1.91. The smallest absolute Gasteiger partial charge is 0.133 e. The lowest BCUT2D eigenvalue weighted by Crippen LogP contribution is -2.49. The largest absolute Gasteiger partial charge is 0.394 e. The summed E-state index contributed by atoms with van der Waals surface area (Å²) in [7, 11) is 0. The summed E-state index contributed by atoms with van der Waals surface area (Å²) in [5.41, 5.74) is 0.941. The van der Waals surface area contributed by atoms with Gasteiger partial charge >= 0.3 is 0 Å². The highest BCUT2D eigenvalue weighted by atomic mass is 32.1. The number of nitrogens with zero attached hydrogens (tertiary/aromatic N) is 1. The average Bonchev–Trinajstić information content (AvgIpc) is 2.52. The molecule has 4 atom stereocenters. The van der Waals surface area contributed by atoms with Crippen molar-refractivity contribution in [3.8, 4) is 0 Å². The molecule has 1 rings (SSSR count). The van der Waals surface area contributed by atoms with E-state index >= 15 is 0 Å². The maximum Gasteiger partial charge on any atom is 0.133 e. The average molecular weight is 347 g/mol. The van der Waals surface area contributed by atoms with Gasteiger partial charge in [-0.1, -0.05) is 42.5 Å². The zero-order chi connectivity index (χ0) is 16.7. The molecule has 0 bridgehead atoms. The number of aliphatic hydroxyl groups excluding tert-OH is 5. The number of aliphatic hydroxyl groups is 5. The second-order valence-corrected chi connectivity index (χ2v) is 6.06. The normalized spacial score (nSPS) is 16.6. The van der Waals surface area contributed by atoms with E-state index in [1.807, 2.05) is 30.3 Å². The number of thiocarbonyl (C=S) groups is 1. The minimum atomic E-state index is -1.66. The predicted molar refractivity (Wildman–Crippen MR) is 89.5 cm³/mol. The quantitative estimate of drug-likeness (QED) is 0.269. The number of rotatable bonds is 8. The van der Waals surface area contributed by atoms with Crippen LogP contribution in [-0.4, -0.2) is 72.3 Å². The molecular weight excluding hydrogens is 326 g/mol. The second-order valence-electron chi connectivity index (χ2n) is 4.95. The highest BCUT2D eigenvalue weighted by Crippen LogP contribution is 2.12. The Bertz CT molecular complexity index is 462. The van der Waals surface area contributed by atoms with Crippen LogP contribution in [0.3, 0.4) is 0 Å². The van der Waals surface area contributed by atoms with E-state index in [0.29, 0.717) is 6.54 Å². The SMILES string of the molecule is OC[C@@H](O)[C@H](O)[C@H](O)[C@@H](O)CN(Cc1ccccc1)C(=S)S. The summed E-state index contributed by atoms with van der Waals surface area (Å²) < 4.78 is 0.229. The molecule has 0 aromatic heterocycles. The molecule has 0 unspecified atom stereocenters. The Kier molecular flexibility index (Phi) is 8.26. The summed E-state index contributed by atoms with van der Waals surface area (Å²) in [6.07, 6.45) is -6.18. The van der Waals surface area contributed by atoms with E-state index in [4.69, 9.17) is 17.3 Å². The molecule has 124 valence electrons. The van der Waals surface area contributed by atoms with Gasteiger partial charge in [0, 0.05) is 13.1 Å². The first-order valence-electron chi connectivity index (χ1n) is 6.71. The predicted octanol–water partition coefficient (Wildman–Crippen LogP) is -0.861. The fourth-order valence-corrected chi connectivity index (χ4v) is 2.20. The Morgan fingerprint density at radius 2 is 1.59 bits per heavy atom. The molecule has 1 aromatic rings. The molecule has 0 saturated carbocycles. The molecule has 0 heterocycles. The summed E-state index contributed by atoms with van der Waals surface area (Å²) in [5.74, 6) is 0. The Morgan fingerprint density at radius 3 is 2.09 bits per heavy atom. The molecule has 0 saturated heterocycles. The molecule has 6 nitrogen and oxygen atoms in total. The molecule has 5 N–H and O–H groups in total. The monoisotopic (exact) mass is 347 g/mol. The van der Waals surface area contributed by atoms with Crippen molar-refractivity contribution >= 4 is 29.2 Å². The first-order valence-corrected chi connectivity index (χ1v) is 7.57. The Labute approximate surface area is 140 Å². The molecule has 0 radical (unpaired) electrons. The zero-order valence-corrected chi connectivity index (χ0v) is 13.6. The van der Waals surface area contributed by atoms with E-state index < -0.39 is 31.0 Å². The van der Waals surface area contributed by atoms with Crippen molar-refractivity contribution in [3.05, 3.63) is 35.9 Å². The molecule has 0 spiro atoms. The van der Waals surface area contributed by atoms with Crippen LogP contribution in [0.25, 0.3) is 0 Å². The van der Waals surface area contributed by atoms with Gasteiger partial charge < -0.3 is 30.4 Å². The molecular formula is C14H21NO5S2. The van der Waals surface area contributed by atoms with E-state index in [9.17, 15) is 20.4 Å². The van der Waals surface area contributed by atoms with Gasteiger partial charge in [0.1, 0.15) is 28.7 Å². The highest BCUT2D eigenvalue weighted by Gasteiger charge is 2.31. The van der Waals surface area contributed by atoms with Crippen LogP contribution in [0.2, 0.25) is 0 Å². The van der Waals surface area contributed by atoms with E-state index in [-0.39, 0.29) is 10.9 Å². The lowest BCUT2D eigenvalue weighted by atomic mass is 10.0. The first kappa shape index (κ1) is 19.3. The maximum atomic E-state index is 9.99. The van der Waals surface area contributed by atoms with Crippen LogP contribution in [0.15, 0.2) is 30.3 Å². The van der Waals surface area contributed by atoms with Crippen molar-refractivity contribution in [2.24, 2.45) is 0 Å². The molecule has 8 heteroatoms. The van der Waals surface area contributed by atoms with Crippen molar-refractivity contribution in [1.82, 2.24) is 4.90 Å². The van der Waals surface area contributed by atoms with E-state index in [2.05, 4.69) is 12.6 Å². The van der Waals surface area contributed by atoms with Crippen LogP contribution < -0.4 is 0 Å². The Balaban J connectivity index is 2.68. The number of hydrogen-bond donors (Lipinski definition) is 6. The third-order valence-corrected chi connectivity index (χ3v) is 3.76. The second kappa shape index (κ2) is 9.41. The van der Waals surface area contributed by atoms with Gasteiger partial charge in [0.2, 0.25) is 0 Å². The Morgan fingerprint density at radius 1 is 1.05 bits per heavy atom. The third kappa shape index (κ3) is 5.81. The van der Waals surface area contributed by atoms with Crippen LogP contribution in [0, 0.1) is 0 Å². The van der Waals surface area contributed by atoms with Crippen molar-refractivity contribution < 1.29 is 25.5 Å². The summed E-state index contributed by atoms with van der Waals surface area (Å²) in [6.45, 7) is -0.414. The molecule has 0 aliphatic heterocycles. The van der Waals surface area contributed by atoms with Gasteiger partial charge in [0.05, 0.1) is 6.61 Å². The van der Waals surface area contributed by atoms with E-state index in [1.54, 1.807) is 4.90 Å². The summed E-state index contributed by atoms with van der Waals surface area (Å²) in [6, 6.07) is 9.36. The van der Waals surface area contributed by atoms with Gasteiger partial charge in [-0.3, -0.25) is 0 Å². The van der Waals surface area contributed by atoms with Crippen LogP contribution in [0.5, 0.6) is 0 Å². The third-order valence-electron chi connectivity index (χ3n) is 3.22. The first-order chi connectivity index (χ1) is 10.4. The summed E-state index contributed by atoms with van der Waals surface area (Å²) in [4.78, 5) is 1.56. The summed E-state index contributed by atoms with van der Waals surface area (Å²) in [5, 5.41) is 47.5. The molecule has 0 amide bonds. The van der Waals surface area contributed by atoms with Crippen molar-refractivity contribution in [2.75, 3.05) is 13.2 Å². The molecule has 22 heavy (non-hydrogen) atoms. The topological polar surface area (TPSA) is 104 Å². The fraction of sp³-hybridized carbons (Fsp3) is 0.500. The van der Waals surface area contributed by atoms with Gasteiger partial charge in [-0.05, 0) is 5.56 Å². The van der Waals surface area contributed by atoms with Crippen LogP contribution in [0.1, 0.15) is 5.56 Å². The van der Waals surface area contributed by atoms with Gasteiger partial charge in [0.25, 0.3) is 0 Å². The van der Waals surface area contributed by atoms with Gasteiger partial charge in [-0.15, -0.1) is 12.6 Å². The lowest BCUT2D eigenvalue weighted by Gasteiger charge is -2.30. The van der Waals surface area contributed by atoms with Crippen LogP contribution >= 0.6 is 24.8 Å². The van der Waals surface area contributed by atoms with Gasteiger partial charge in [-0.2, -0.15) is 0 Å².